The molecule has 0 bridgehead atoms. The minimum absolute atomic E-state index is 0.117. The van der Waals surface area contributed by atoms with E-state index in [9.17, 15) is 14.4 Å². The number of ketones is 2. The summed E-state index contributed by atoms with van der Waals surface area (Å²) in [5.41, 5.74) is 0.971. The Morgan fingerprint density at radius 3 is 2.00 bits per heavy atom. The molecule has 2 aromatic rings. The van der Waals surface area contributed by atoms with E-state index in [1.807, 2.05) is 0 Å². The summed E-state index contributed by atoms with van der Waals surface area (Å²) in [6, 6.07) is 5.98. The summed E-state index contributed by atoms with van der Waals surface area (Å²) < 4.78 is 15.8. The standard InChI is InChI=1S/C20H16O7/c1-25-11-8-13-18(15(9-11)27-3)20(24)17-12(19(13)23)6-10(4-5-16(21)22)7-14(17)26-2/h4-9H,1-3H3,(H,21,22)/b5-4+. The Kier molecular flexibility index (Phi) is 4.68. The number of carboxylic acids is 1. The Labute approximate surface area is 154 Å². The zero-order valence-electron chi connectivity index (χ0n) is 14.9. The smallest absolute Gasteiger partial charge is 0.328 e. The van der Waals surface area contributed by atoms with Crippen molar-refractivity contribution in [2.24, 2.45) is 0 Å². The van der Waals surface area contributed by atoms with Gasteiger partial charge in [0.2, 0.25) is 5.78 Å². The van der Waals surface area contributed by atoms with E-state index in [0.29, 0.717) is 11.3 Å². The molecule has 1 aliphatic carbocycles. The van der Waals surface area contributed by atoms with Crippen molar-refractivity contribution in [3.63, 3.8) is 0 Å². The molecule has 0 amide bonds. The molecule has 1 N–H and O–H groups in total. The number of benzene rings is 2. The molecule has 0 radical (unpaired) electrons. The lowest BCUT2D eigenvalue weighted by Crippen LogP contribution is -2.23. The van der Waals surface area contributed by atoms with Crippen molar-refractivity contribution in [1.29, 1.82) is 0 Å². The van der Waals surface area contributed by atoms with Gasteiger partial charge in [0.25, 0.3) is 0 Å². The maximum atomic E-state index is 13.1. The van der Waals surface area contributed by atoms with Crippen LogP contribution in [0.25, 0.3) is 6.08 Å². The van der Waals surface area contributed by atoms with Crippen molar-refractivity contribution in [3.05, 3.63) is 58.2 Å². The summed E-state index contributed by atoms with van der Waals surface area (Å²) in [6.07, 6.45) is 2.26. The van der Waals surface area contributed by atoms with E-state index in [1.54, 1.807) is 0 Å². The average molecular weight is 368 g/mol. The second-order valence-corrected chi connectivity index (χ2v) is 5.73. The van der Waals surface area contributed by atoms with E-state index in [-0.39, 0.29) is 33.8 Å². The molecule has 0 unspecified atom stereocenters. The van der Waals surface area contributed by atoms with Crippen molar-refractivity contribution in [2.75, 3.05) is 21.3 Å². The van der Waals surface area contributed by atoms with Crippen LogP contribution in [-0.4, -0.2) is 44.0 Å². The van der Waals surface area contributed by atoms with Crippen LogP contribution in [0.4, 0.5) is 0 Å². The lowest BCUT2D eigenvalue weighted by atomic mass is 9.82. The van der Waals surface area contributed by atoms with Crippen molar-refractivity contribution < 1.29 is 33.7 Å². The van der Waals surface area contributed by atoms with Crippen molar-refractivity contribution in [3.8, 4) is 17.2 Å². The number of carbonyl (C=O) groups is 3. The SMILES string of the molecule is COc1cc(OC)c2c(c1)C(=O)c1cc(/C=C/C(=O)O)cc(OC)c1C2=O. The Hall–Kier alpha value is -3.61. The number of rotatable bonds is 5. The fraction of sp³-hybridized carbons (Fsp3) is 0.150. The van der Waals surface area contributed by atoms with Gasteiger partial charge in [-0.2, -0.15) is 0 Å². The summed E-state index contributed by atoms with van der Waals surface area (Å²) in [7, 11) is 4.22. The van der Waals surface area contributed by atoms with Crippen molar-refractivity contribution in [1.82, 2.24) is 0 Å². The maximum absolute atomic E-state index is 13.1. The highest BCUT2D eigenvalue weighted by Gasteiger charge is 2.35. The zero-order valence-corrected chi connectivity index (χ0v) is 14.9. The van der Waals surface area contributed by atoms with Gasteiger partial charge in [-0.1, -0.05) is 0 Å². The van der Waals surface area contributed by atoms with Crippen LogP contribution in [0.3, 0.4) is 0 Å². The molecule has 27 heavy (non-hydrogen) atoms. The Bertz CT molecular complexity index is 1000. The number of carboxylic acid groups (broad SMARTS) is 1. The molecule has 0 heterocycles. The van der Waals surface area contributed by atoms with Gasteiger partial charge in [-0.05, 0) is 29.8 Å². The predicted molar refractivity (Wildman–Crippen MR) is 96.1 cm³/mol. The van der Waals surface area contributed by atoms with Crippen LogP contribution in [0.15, 0.2) is 30.3 Å². The Morgan fingerprint density at radius 1 is 0.852 bits per heavy atom. The van der Waals surface area contributed by atoms with Crippen molar-refractivity contribution in [2.45, 2.75) is 0 Å². The van der Waals surface area contributed by atoms with E-state index in [1.165, 1.54) is 51.7 Å². The number of aliphatic carboxylic acids is 1. The van der Waals surface area contributed by atoms with Gasteiger partial charge in [0.05, 0.1) is 32.5 Å². The second kappa shape index (κ2) is 6.95. The topological polar surface area (TPSA) is 99.1 Å². The lowest BCUT2D eigenvalue weighted by Gasteiger charge is -2.22. The van der Waals surface area contributed by atoms with Crippen LogP contribution in [0, 0.1) is 0 Å². The molecule has 0 aromatic heterocycles. The first-order valence-electron chi connectivity index (χ1n) is 7.89. The summed E-state index contributed by atoms with van der Waals surface area (Å²) in [5.74, 6) is -1.16. The van der Waals surface area contributed by atoms with E-state index in [4.69, 9.17) is 19.3 Å². The fourth-order valence-corrected chi connectivity index (χ4v) is 3.03. The molecule has 7 nitrogen and oxygen atoms in total. The normalized spacial score (nSPS) is 12.6. The summed E-state index contributed by atoms with van der Waals surface area (Å²) in [5, 5.41) is 8.81. The minimum Gasteiger partial charge on any atom is -0.497 e. The number of hydrogen-bond acceptors (Lipinski definition) is 6. The number of hydrogen-bond donors (Lipinski definition) is 1. The van der Waals surface area contributed by atoms with Gasteiger partial charge in [-0.25, -0.2) is 4.79 Å². The largest absolute Gasteiger partial charge is 0.497 e. The van der Waals surface area contributed by atoms with Gasteiger partial charge >= 0.3 is 5.97 Å². The van der Waals surface area contributed by atoms with E-state index >= 15 is 0 Å². The van der Waals surface area contributed by atoms with E-state index in [2.05, 4.69) is 0 Å². The monoisotopic (exact) mass is 368 g/mol. The number of fused-ring (bicyclic) bond motifs is 2. The quantitative estimate of drug-likeness (QED) is 0.691. The lowest BCUT2D eigenvalue weighted by molar-refractivity contribution is -0.131. The molecule has 3 rings (SSSR count). The molecule has 0 saturated heterocycles. The van der Waals surface area contributed by atoms with Crippen LogP contribution in [0.2, 0.25) is 0 Å². The van der Waals surface area contributed by atoms with Crippen LogP contribution >= 0.6 is 0 Å². The molecular formula is C20H16O7. The number of carbonyl (C=O) groups excluding carboxylic acids is 2. The molecule has 1 aliphatic rings. The predicted octanol–water partition coefficient (Wildman–Crippen LogP) is 2.59. The van der Waals surface area contributed by atoms with Crippen molar-refractivity contribution >= 4 is 23.6 Å². The van der Waals surface area contributed by atoms with Crippen LogP contribution in [-0.2, 0) is 4.79 Å². The van der Waals surface area contributed by atoms with Gasteiger partial charge < -0.3 is 19.3 Å². The summed E-state index contributed by atoms with van der Waals surface area (Å²) in [6.45, 7) is 0. The molecule has 0 spiro atoms. The summed E-state index contributed by atoms with van der Waals surface area (Å²) in [4.78, 5) is 37.0. The van der Waals surface area contributed by atoms with Gasteiger partial charge in [0.15, 0.2) is 5.78 Å². The first-order chi connectivity index (χ1) is 12.9. The summed E-state index contributed by atoms with van der Waals surface area (Å²) >= 11 is 0. The van der Waals surface area contributed by atoms with Gasteiger partial charge in [0.1, 0.15) is 17.2 Å². The highest BCUT2D eigenvalue weighted by atomic mass is 16.5. The third kappa shape index (κ3) is 3.03. The van der Waals surface area contributed by atoms with Gasteiger partial charge in [0, 0.05) is 23.3 Å². The molecular weight excluding hydrogens is 352 g/mol. The molecule has 138 valence electrons. The first kappa shape index (κ1) is 18.2. The molecule has 0 saturated carbocycles. The zero-order chi connectivity index (χ0) is 19.7. The van der Waals surface area contributed by atoms with E-state index < -0.39 is 17.5 Å². The molecule has 0 fully saturated rings. The Balaban J connectivity index is 2.27. The number of methoxy groups -OCH3 is 3. The maximum Gasteiger partial charge on any atom is 0.328 e. The molecule has 0 aliphatic heterocycles. The number of ether oxygens (including phenoxy) is 3. The molecule has 0 atom stereocenters. The molecule has 7 heteroatoms. The molecule has 2 aromatic carbocycles. The first-order valence-corrected chi connectivity index (χ1v) is 7.89. The Morgan fingerprint density at radius 2 is 1.44 bits per heavy atom. The third-order valence-electron chi connectivity index (χ3n) is 4.24. The second-order valence-electron chi connectivity index (χ2n) is 5.73. The van der Waals surface area contributed by atoms with E-state index in [0.717, 1.165) is 6.08 Å². The van der Waals surface area contributed by atoms with Gasteiger partial charge in [-0.3, -0.25) is 9.59 Å². The minimum atomic E-state index is -1.13. The van der Waals surface area contributed by atoms with Crippen LogP contribution < -0.4 is 14.2 Å². The highest BCUT2D eigenvalue weighted by Crippen LogP contribution is 2.40. The third-order valence-corrected chi connectivity index (χ3v) is 4.24. The van der Waals surface area contributed by atoms with Crippen LogP contribution in [0.5, 0.6) is 17.2 Å². The average Bonchev–Trinajstić information content (AvgIpc) is 2.68. The fourth-order valence-electron chi connectivity index (χ4n) is 3.03. The van der Waals surface area contributed by atoms with Crippen LogP contribution in [0.1, 0.15) is 37.4 Å². The van der Waals surface area contributed by atoms with Gasteiger partial charge in [-0.15, -0.1) is 0 Å². The highest BCUT2D eigenvalue weighted by molar-refractivity contribution is 6.30.